The molecule has 0 N–H and O–H groups in total. The minimum atomic E-state index is -1.26. The quantitative estimate of drug-likeness (QED) is 0.806. The Morgan fingerprint density at radius 2 is 1.88 bits per heavy atom. The molecule has 0 radical (unpaired) electrons. The van der Waals surface area contributed by atoms with Crippen molar-refractivity contribution in [2.24, 2.45) is 0 Å². The lowest BCUT2D eigenvalue weighted by molar-refractivity contribution is 0.585. The van der Waals surface area contributed by atoms with Gasteiger partial charge in [0.1, 0.15) is 6.07 Å². The summed E-state index contributed by atoms with van der Waals surface area (Å²) in [6, 6.07) is 7.70. The minimum absolute atomic E-state index is 0.0762. The molecule has 0 bridgehead atoms. The average Bonchev–Trinajstić information content (AvgIpc) is 2.18. The van der Waals surface area contributed by atoms with E-state index in [1.165, 1.54) is 0 Å². The zero-order valence-corrected chi connectivity index (χ0v) is 13.3. The molecule has 4 heteroatoms. The van der Waals surface area contributed by atoms with Crippen molar-refractivity contribution < 1.29 is 4.18 Å². The fraction of sp³-hybridized carbons (Fsp3) is 0.462. The lowest BCUT2D eigenvalue weighted by atomic mass is 10.2. The van der Waals surface area contributed by atoms with Gasteiger partial charge in [-0.15, -0.1) is 0 Å². The Bertz CT molecular complexity index is 457. The standard InChI is InChI=1S/C13H18BrNOS/c1-13(2,3)17(4,5)16-12-7-6-11(14)8-10(12)9-15/h6-8H,1-5H3. The lowest BCUT2D eigenvalue weighted by Crippen LogP contribution is -2.27. The number of hydrogen-bond acceptors (Lipinski definition) is 2. The van der Waals surface area contributed by atoms with Gasteiger partial charge in [-0.2, -0.15) is 5.26 Å². The molecule has 0 spiro atoms. The van der Waals surface area contributed by atoms with Crippen molar-refractivity contribution in [3.05, 3.63) is 28.2 Å². The molecule has 0 aromatic heterocycles. The predicted octanol–water partition coefficient (Wildman–Crippen LogP) is 4.48. The molecular weight excluding hydrogens is 298 g/mol. The molecule has 0 fully saturated rings. The van der Waals surface area contributed by atoms with Crippen molar-refractivity contribution in [2.45, 2.75) is 25.5 Å². The third-order valence-corrected chi connectivity index (χ3v) is 6.87. The van der Waals surface area contributed by atoms with E-state index in [-0.39, 0.29) is 4.75 Å². The first-order valence-electron chi connectivity index (χ1n) is 5.29. The third-order valence-electron chi connectivity index (χ3n) is 2.83. The Hall–Kier alpha value is -0.660. The van der Waals surface area contributed by atoms with Crippen LogP contribution in [-0.4, -0.2) is 17.3 Å². The van der Waals surface area contributed by atoms with Crippen LogP contribution in [0.1, 0.15) is 26.3 Å². The van der Waals surface area contributed by atoms with E-state index < -0.39 is 10.3 Å². The molecule has 0 saturated heterocycles. The number of nitrogens with zero attached hydrogens (tertiary/aromatic N) is 1. The monoisotopic (exact) mass is 315 g/mol. The summed E-state index contributed by atoms with van der Waals surface area (Å²) in [4.78, 5) is 0. The minimum Gasteiger partial charge on any atom is -0.448 e. The molecule has 1 aromatic carbocycles. The summed E-state index contributed by atoms with van der Waals surface area (Å²) in [6.07, 6.45) is 4.24. The van der Waals surface area contributed by atoms with Gasteiger partial charge in [0.2, 0.25) is 0 Å². The van der Waals surface area contributed by atoms with Crippen molar-refractivity contribution in [2.75, 3.05) is 12.5 Å². The van der Waals surface area contributed by atoms with Crippen LogP contribution in [0.4, 0.5) is 0 Å². The van der Waals surface area contributed by atoms with Crippen LogP contribution in [0, 0.1) is 11.3 Å². The summed E-state index contributed by atoms with van der Waals surface area (Å²) in [7, 11) is -1.26. The molecule has 94 valence electrons. The predicted molar refractivity (Wildman–Crippen MR) is 78.7 cm³/mol. The Morgan fingerprint density at radius 1 is 1.29 bits per heavy atom. The molecule has 17 heavy (non-hydrogen) atoms. The van der Waals surface area contributed by atoms with Gasteiger partial charge in [-0.1, -0.05) is 26.2 Å². The Kier molecular flexibility index (Phi) is 4.16. The van der Waals surface area contributed by atoms with Crippen LogP contribution in [-0.2, 0) is 0 Å². The number of halogens is 1. The van der Waals surface area contributed by atoms with Gasteiger partial charge in [-0.3, -0.25) is 0 Å². The first-order valence-corrected chi connectivity index (χ1v) is 8.46. The number of benzene rings is 1. The summed E-state index contributed by atoms with van der Waals surface area (Å²) in [5, 5.41) is 9.10. The second-order valence-electron chi connectivity index (χ2n) is 5.18. The molecule has 1 rings (SSSR count). The van der Waals surface area contributed by atoms with Crippen LogP contribution < -0.4 is 4.18 Å². The maximum Gasteiger partial charge on any atom is 0.152 e. The second-order valence-corrected chi connectivity index (χ2v) is 9.95. The zero-order chi connectivity index (χ0) is 13.3. The van der Waals surface area contributed by atoms with E-state index in [1.54, 1.807) is 6.07 Å². The van der Waals surface area contributed by atoms with Gasteiger partial charge < -0.3 is 4.18 Å². The molecule has 0 heterocycles. The van der Waals surface area contributed by atoms with E-state index in [2.05, 4.69) is 55.3 Å². The highest BCUT2D eigenvalue weighted by Crippen LogP contribution is 2.54. The number of hydrogen-bond donors (Lipinski definition) is 0. The SMILES string of the molecule is CC(C)(C)S(C)(C)Oc1ccc(Br)cc1C#N. The fourth-order valence-corrected chi connectivity index (χ4v) is 2.22. The summed E-state index contributed by atoms with van der Waals surface area (Å²) < 4.78 is 7.05. The van der Waals surface area contributed by atoms with Gasteiger partial charge in [0, 0.05) is 9.22 Å². The third kappa shape index (κ3) is 3.40. The van der Waals surface area contributed by atoms with Crippen LogP contribution in [0.25, 0.3) is 0 Å². The average molecular weight is 316 g/mol. The van der Waals surface area contributed by atoms with Crippen LogP contribution >= 0.6 is 26.2 Å². The van der Waals surface area contributed by atoms with Crippen molar-refractivity contribution in [3.8, 4) is 11.8 Å². The van der Waals surface area contributed by atoms with E-state index in [1.807, 2.05) is 12.1 Å². The van der Waals surface area contributed by atoms with E-state index in [4.69, 9.17) is 9.44 Å². The molecule has 2 nitrogen and oxygen atoms in total. The van der Waals surface area contributed by atoms with Gasteiger partial charge in [0.25, 0.3) is 0 Å². The Balaban J connectivity index is 3.09. The number of rotatable bonds is 2. The highest BCUT2D eigenvalue weighted by atomic mass is 79.9. The van der Waals surface area contributed by atoms with Crippen molar-refractivity contribution in [3.63, 3.8) is 0 Å². The molecule has 0 saturated carbocycles. The summed E-state index contributed by atoms with van der Waals surface area (Å²) in [5.41, 5.74) is 0.573. The van der Waals surface area contributed by atoms with Gasteiger partial charge in [-0.25, -0.2) is 0 Å². The van der Waals surface area contributed by atoms with Gasteiger partial charge >= 0.3 is 0 Å². The largest absolute Gasteiger partial charge is 0.448 e. The van der Waals surface area contributed by atoms with Crippen molar-refractivity contribution >= 4 is 26.2 Å². The first-order chi connectivity index (χ1) is 7.67. The van der Waals surface area contributed by atoms with Gasteiger partial charge in [-0.05, 0) is 51.5 Å². The Labute approximate surface area is 114 Å². The lowest BCUT2D eigenvalue weighted by Gasteiger charge is -2.43. The topological polar surface area (TPSA) is 33.0 Å². The van der Waals surface area contributed by atoms with Gasteiger partial charge in [0.15, 0.2) is 5.75 Å². The first kappa shape index (κ1) is 14.4. The fourth-order valence-electron chi connectivity index (χ4n) is 1.01. The van der Waals surface area contributed by atoms with E-state index >= 15 is 0 Å². The van der Waals surface area contributed by atoms with E-state index in [0.29, 0.717) is 11.3 Å². The van der Waals surface area contributed by atoms with Crippen LogP contribution in [0.2, 0.25) is 0 Å². The molecule has 0 aliphatic carbocycles. The summed E-state index contributed by atoms with van der Waals surface area (Å²) in [5.74, 6) is 0.672. The number of nitriles is 1. The highest BCUT2D eigenvalue weighted by Gasteiger charge is 2.30. The Morgan fingerprint density at radius 3 is 2.35 bits per heavy atom. The molecule has 0 unspecified atom stereocenters. The summed E-state index contributed by atoms with van der Waals surface area (Å²) >= 11 is 3.36. The molecule has 1 aromatic rings. The molecule has 0 aliphatic heterocycles. The molecular formula is C13H18BrNOS. The van der Waals surface area contributed by atoms with Crippen LogP contribution in [0.15, 0.2) is 22.7 Å². The highest BCUT2D eigenvalue weighted by molar-refractivity contribution is 9.10. The molecule has 0 atom stereocenters. The molecule has 0 amide bonds. The molecule has 0 aliphatic rings. The van der Waals surface area contributed by atoms with E-state index in [0.717, 1.165) is 4.47 Å². The maximum atomic E-state index is 9.10. The smallest absolute Gasteiger partial charge is 0.152 e. The van der Waals surface area contributed by atoms with Crippen molar-refractivity contribution in [1.82, 2.24) is 0 Å². The van der Waals surface area contributed by atoms with Gasteiger partial charge in [0.05, 0.1) is 5.56 Å². The van der Waals surface area contributed by atoms with Crippen LogP contribution in [0.3, 0.4) is 0 Å². The van der Waals surface area contributed by atoms with Crippen LogP contribution in [0.5, 0.6) is 5.75 Å². The normalized spacial score (nSPS) is 13.0. The second kappa shape index (κ2) is 4.91. The van der Waals surface area contributed by atoms with Crippen molar-refractivity contribution in [1.29, 1.82) is 5.26 Å². The zero-order valence-electron chi connectivity index (χ0n) is 10.9. The summed E-state index contributed by atoms with van der Waals surface area (Å²) in [6.45, 7) is 6.48. The maximum absolute atomic E-state index is 9.10. The van der Waals surface area contributed by atoms with E-state index in [9.17, 15) is 0 Å².